The van der Waals surface area contributed by atoms with E-state index in [1.54, 1.807) is 6.07 Å². The molecular weight excluding hydrogens is 349 g/mol. The van der Waals surface area contributed by atoms with Gasteiger partial charge < -0.3 is 15.0 Å². The Balaban J connectivity index is 1.65. The van der Waals surface area contributed by atoms with E-state index in [1.807, 2.05) is 0 Å². The van der Waals surface area contributed by atoms with Crippen molar-refractivity contribution in [3.05, 3.63) is 59.9 Å². The Morgan fingerprint density at radius 2 is 1.85 bits per heavy atom. The van der Waals surface area contributed by atoms with Crippen molar-refractivity contribution in [3.8, 4) is 5.75 Å². The summed E-state index contributed by atoms with van der Waals surface area (Å²) in [4.78, 5) is 26.0. The van der Waals surface area contributed by atoms with E-state index in [9.17, 15) is 22.8 Å². The number of hydrogen-bond acceptors (Lipinski definition) is 3. The van der Waals surface area contributed by atoms with Crippen molar-refractivity contribution in [1.82, 2.24) is 5.32 Å². The molecule has 0 aromatic heterocycles. The van der Waals surface area contributed by atoms with Crippen LogP contribution in [0.5, 0.6) is 5.75 Å². The minimum Gasteiger partial charge on any atom is -0.435 e. The second kappa shape index (κ2) is 7.47. The van der Waals surface area contributed by atoms with Gasteiger partial charge in [-0.05, 0) is 42.8 Å². The van der Waals surface area contributed by atoms with Gasteiger partial charge in [-0.2, -0.15) is 8.78 Å². The number of para-hydroxylation sites is 1. The Morgan fingerprint density at radius 3 is 2.50 bits per heavy atom. The van der Waals surface area contributed by atoms with Crippen LogP contribution < -0.4 is 15.0 Å². The average Bonchev–Trinajstić information content (AvgIpc) is 2.96. The molecule has 8 heteroatoms. The lowest BCUT2D eigenvalue weighted by Gasteiger charge is -2.18. The highest BCUT2D eigenvalue weighted by Gasteiger charge is 2.34. The van der Waals surface area contributed by atoms with Gasteiger partial charge in [0, 0.05) is 12.1 Å². The highest BCUT2D eigenvalue weighted by molar-refractivity contribution is 6.04. The summed E-state index contributed by atoms with van der Waals surface area (Å²) in [6.45, 7) is -2.67. The standard InChI is InChI=1S/C18H15F3N2O3/c19-13-3-1-2-4-15(13)23-10-9-14(17(23)25)22-16(24)11-5-7-12(8-6-11)26-18(20)21/h1-8,14,18H,9-10H2,(H,22,24). The first-order valence-electron chi connectivity index (χ1n) is 7.87. The molecular formula is C18H15F3N2O3. The van der Waals surface area contributed by atoms with Crippen molar-refractivity contribution in [1.29, 1.82) is 0 Å². The number of nitrogens with one attached hydrogen (secondary N) is 1. The van der Waals surface area contributed by atoms with Crippen LogP contribution in [-0.2, 0) is 4.79 Å². The van der Waals surface area contributed by atoms with Crippen molar-refractivity contribution in [2.24, 2.45) is 0 Å². The first kappa shape index (κ1) is 17.8. The van der Waals surface area contributed by atoms with Crippen LogP contribution in [0.3, 0.4) is 0 Å². The molecule has 0 radical (unpaired) electrons. The second-order valence-corrected chi connectivity index (χ2v) is 5.66. The van der Waals surface area contributed by atoms with E-state index in [1.165, 1.54) is 47.4 Å². The molecule has 1 aliphatic rings. The summed E-state index contributed by atoms with van der Waals surface area (Å²) in [5, 5.41) is 2.58. The zero-order chi connectivity index (χ0) is 18.7. The van der Waals surface area contributed by atoms with Gasteiger partial charge in [0.15, 0.2) is 0 Å². The van der Waals surface area contributed by atoms with E-state index in [-0.39, 0.29) is 23.5 Å². The zero-order valence-electron chi connectivity index (χ0n) is 13.5. The molecule has 1 saturated heterocycles. The number of ether oxygens (including phenoxy) is 1. The van der Waals surface area contributed by atoms with Gasteiger partial charge in [0.1, 0.15) is 17.6 Å². The normalized spacial score (nSPS) is 16.8. The molecule has 1 atom stereocenters. The first-order valence-corrected chi connectivity index (χ1v) is 7.87. The Bertz CT molecular complexity index is 812. The molecule has 26 heavy (non-hydrogen) atoms. The Kier molecular flexibility index (Phi) is 5.11. The van der Waals surface area contributed by atoms with Crippen LogP contribution in [0.15, 0.2) is 48.5 Å². The minimum absolute atomic E-state index is 0.0702. The van der Waals surface area contributed by atoms with Crippen molar-refractivity contribution in [2.75, 3.05) is 11.4 Å². The molecule has 1 N–H and O–H groups in total. The summed E-state index contributed by atoms with van der Waals surface area (Å²) < 4.78 is 42.3. The summed E-state index contributed by atoms with van der Waals surface area (Å²) in [5.41, 5.74) is 0.367. The predicted octanol–water partition coefficient (Wildman–Crippen LogP) is 2.96. The molecule has 3 rings (SSSR count). The van der Waals surface area contributed by atoms with Crippen molar-refractivity contribution >= 4 is 17.5 Å². The van der Waals surface area contributed by atoms with E-state index in [0.29, 0.717) is 6.42 Å². The Morgan fingerprint density at radius 1 is 1.15 bits per heavy atom. The summed E-state index contributed by atoms with van der Waals surface area (Å²) in [6.07, 6.45) is 0.339. The van der Waals surface area contributed by atoms with Crippen LogP contribution in [-0.4, -0.2) is 31.0 Å². The molecule has 1 unspecified atom stereocenters. The monoisotopic (exact) mass is 364 g/mol. The van der Waals surface area contributed by atoms with Gasteiger partial charge in [-0.1, -0.05) is 12.1 Å². The summed E-state index contributed by atoms with van der Waals surface area (Å²) >= 11 is 0. The Hall–Kier alpha value is -3.03. The number of anilines is 1. The van der Waals surface area contributed by atoms with Crippen LogP contribution in [0.4, 0.5) is 18.9 Å². The number of nitrogens with zero attached hydrogens (tertiary/aromatic N) is 1. The topological polar surface area (TPSA) is 58.6 Å². The largest absolute Gasteiger partial charge is 0.435 e. The first-order chi connectivity index (χ1) is 12.5. The summed E-state index contributed by atoms with van der Waals surface area (Å²) in [6, 6.07) is 10.3. The number of amides is 2. The molecule has 1 aliphatic heterocycles. The van der Waals surface area contributed by atoms with Gasteiger partial charge in [0.05, 0.1) is 5.69 Å². The minimum atomic E-state index is -2.95. The van der Waals surface area contributed by atoms with Crippen molar-refractivity contribution < 1.29 is 27.5 Å². The SMILES string of the molecule is O=C(NC1CCN(c2ccccc2F)C1=O)c1ccc(OC(F)F)cc1. The fraction of sp³-hybridized carbons (Fsp3) is 0.222. The maximum Gasteiger partial charge on any atom is 0.387 e. The molecule has 1 heterocycles. The molecule has 2 amide bonds. The fourth-order valence-corrected chi connectivity index (χ4v) is 2.75. The van der Waals surface area contributed by atoms with E-state index < -0.39 is 30.3 Å². The number of alkyl halides is 2. The number of benzene rings is 2. The lowest BCUT2D eigenvalue weighted by Crippen LogP contribution is -2.41. The van der Waals surface area contributed by atoms with Gasteiger partial charge in [0.2, 0.25) is 5.91 Å². The molecule has 0 saturated carbocycles. The predicted molar refractivity (Wildman–Crippen MR) is 87.7 cm³/mol. The van der Waals surface area contributed by atoms with E-state index in [2.05, 4.69) is 10.1 Å². The number of halogens is 3. The fourth-order valence-electron chi connectivity index (χ4n) is 2.75. The molecule has 136 valence electrons. The van der Waals surface area contributed by atoms with Crippen LogP contribution in [0.2, 0.25) is 0 Å². The van der Waals surface area contributed by atoms with E-state index >= 15 is 0 Å². The molecule has 2 aromatic rings. The molecule has 0 aliphatic carbocycles. The Labute approximate surface area is 147 Å². The quantitative estimate of drug-likeness (QED) is 0.888. The summed E-state index contributed by atoms with van der Waals surface area (Å²) in [5.74, 6) is -1.51. The highest BCUT2D eigenvalue weighted by Crippen LogP contribution is 2.24. The molecule has 2 aromatic carbocycles. The van der Waals surface area contributed by atoms with Crippen LogP contribution in [0.25, 0.3) is 0 Å². The van der Waals surface area contributed by atoms with Gasteiger partial charge in [-0.15, -0.1) is 0 Å². The third kappa shape index (κ3) is 3.79. The smallest absolute Gasteiger partial charge is 0.387 e. The molecule has 5 nitrogen and oxygen atoms in total. The van der Waals surface area contributed by atoms with E-state index in [0.717, 1.165) is 0 Å². The van der Waals surface area contributed by atoms with Gasteiger partial charge in [-0.25, -0.2) is 4.39 Å². The lowest BCUT2D eigenvalue weighted by molar-refractivity contribution is -0.118. The second-order valence-electron chi connectivity index (χ2n) is 5.66. The average molecular weight is 364 g/mol. The van der Waals surface area contributed by atoms with Crippen LogP contribution in [0.1, 0.15) is 16.8 Å². The zero-order valence-corrected chi connectivity index (χ0v) is 13.5. The molecule has 0 bridgehead atoms. The van der Waals surface area contributed by atoms with Crippen molar-refractivity contribution in [3.63, 3.8) is 0 Å². The molecule has 0 spiro atoms. The number of rotatable bonds is 5. The summed E-state index contributed by atoms with van der Waals surface area (Å²) in [7, 11) is 0. The van der Waals surface area contributed by atoms with Gasteiger partial charge in [0.25, 0.3) is 5.91 Å². The van der Waals surface area contributed by atoms with Gasteiger partial charge in [-0.3, -0.25) is 9.59 Å². The number of carbonyl (C=O) groups is 2. The van der Waals surface area contributed by atoms with Gasteiger partial charge >= 0.3 is 6.61 Å². The third-order valence-electron chi connectivity index (χ3n) is 4.00. The molecule has 1 fully saturated rings. The lowest BCUT2D eigenvalue weighted by atomic mass is 10.1. The maximum absolute atomic E-state index is 13.9. The number of hydrogen-bond donors (Lipinski definition) is 1. The third-order valence-corrected chi connectivity index (χ3v) is 4.00. The maximum atomic E-state index is 13.9. The number of carbonyl (C=O) groups excluding carboxylic acids is 2. The highest BCUT2D eigenvalue weighted by atomic mass is 19.3. The van der Waals surface area contributed by atoms with Crippen LogP contribution in [0, 0.1) is 5.82 Å². The van der Waals surface area contributed by atoms with Crippen molar-refractivity contribution in [2.45, 2.75) is 19.1 Å². The van der Waals surface area contributed by atoms with Crippen LogP contribution >= 0.6 is 0 Å². The van der Waals surface area contributed by atoms with E-state index in [4.69, 9.17) is 0 Å².